The van der Waals surface area contributed by atoms with Gasteiger partial charge in [-0.2, -0.15) is 0 Å². The fourth-order valence-electron chi connectivity index (χ4n) is 5.21. The molecule has 1 saturated carbocycles. The van der Waals surface area contributed by atoms with E-state index in [1.807, 2.05) is 60.4 Å². The van der Waals surface area contributed by atoms with Gasteiger partial charge in [-0.15, -0.1) is 0 Å². The van der Waals surface area contributed by atoms with Gasteiger partial charge in [0.25, 0.3) is 0 Å². The Morgan fingerprint density at radius 3 is 2.62 bits per heavy atom. The smallest absolute Gasteiger partial charge is 0.247 e. The topological polar surface area (TPSA) is 91.8 Å². The van der Waals surface area contributed by atoms with Crippen molar-refractivity contribution >= 4 is 22.7 Å². The number of fused-ring (bicyclic) bond motifs is 1. The summed E-state index contributed by atoms with van der Waals surface area (Å²) in [6.45, 7) is 3.89. The highest BCUT2D eigenvalue weighted by Gasteiger charge is 2.64. The van der Waals surface area contributed by atoms with E-state index in [2.05, 4.69) is 11.1 Å². The molecule has 2 aromatic carbocycles. The average Bonchev–Trinajstić information content (AvgIpc) is 3.31. The van der Waals surface area contributed by atoms with E-state index in [4.69, 9.17) is 9.94 Å². The van der Waals surface area contributed by atoms with Gasteiger partial charge in [-0.3, -0.25) is 19.8 Å². The first-order valence-corrected chi connectivity index (χ1v) is 11.8. The summed E-state index contributed by atoms with van der Waals surface area (Å²) in [5, 5.41) is 10.2. The lowest BCUT2D eigenvalue weighted by Crippen LogP contribution is -2.39. The number of rotatable bonds is 7. The first-order valence-electron chi connectivity index (χ1n) is 11.8. The monoisotopic (exact) mass is 459 g/mol. The molecule has 34 heavy (non-hydrogen) atoms. The van der Waals surface area contributed by atoms with Gasteiger partial charge < -0.3 is 9.64 Å². The van der Waals surface area contributed by atoms with Crippen LogP contribution in [0.4, 0.5) is 0 Å². The van der Waals surface area contributed by atoms with Gasteiger partial charge in [-0.1, -0.05) is 30.3 Å². The molecule has 2 atom stereocenters. The number of para-hydroxylation sites is 1. The van der Waals surface area contributed by atoms with Gasteiger partial charge in [0, 0.05) is 29.7 Å². The maximum Gasteiger partial charge on any atom is 0.247 e. The number of nitrogens with zero attached hydrogens (tertiary/aromatic N) is 2. The van der Waals surface area contributed by atoms with E-state index in [1.54, 1.807) is 5.48 Å². The van der Waals surface area contributed by atoms with Crippen molar-refractivity contribution in [3.63, 3.8) is 0 Å². The van der Waals surface area contributed by atoms with Crippen molar-refractivity contribution in [3.8, 4) is 5.75 Å². The second kappa shape index (κ2) is 9.06. The highest BCUT2D eigenvalue weighted by Crippen LogP contribution is 2.56. The first kappa shape index (κ1) is 22.3. The Morgan fingerprint density at radius 2 is 1.88 bits per heavy atom. The quantitative estimate of drug-likeness (QED) is 0.414. The number of pyridine rings is 1. The lowest BCUT2D eigenvalue weighted by atomic mass is 9.92. The maximum absolute atomic E-state index is 13.3. The van der Waals surface area contributed by atoms with Crippen LogP contribution < -0.4 is 10.2 Å². The number of benzene rings is 2. The molecule has 2 fully saturated rings. The van der Waals surface area contributed by atoms with Crippen molar-refractivity contribution < 1.29 is 19.5 Å². The van der Waals surface area contributed by atoms with Crippen molar-refractivity contribution in [1.29, 1.82) is 0 Å². The molecule has 1 saturated heterocycles. The predicted molar refractivity (Wildman–Crippen MR) is 127 cm³/mol. The van der Waals surface area contributed by atoms with Crippen LogP contribution in [0.15, 0.2) is 54.6 Å². The molecule has 0 spiro atoms. The van der Waals surface area contributed by atoms with Crippen molar-refractivity contribution in [2.75, 3.05) is 13.1 Å². The Kier molecular flexibility index (Phi) is 5.96. The molecule has 2 aliphatic rings. The molecule has 0 bridgehead atoms. The summed E-state index contributed by atoms with van der Waals surface area (Å²) in [4.78, 5) is 31.8. The molecule has 1 aliphatic carbocycles. The Morgan fingerprint density at radius 1 is 1.15 bits per heavy atom. The van der Waals surface area contributed by atoms with Crippen LogP contribution in [0.1, 0.15) is 36.1 Å². The number of amides is 2. The molecule has 1 aromatic heterocycles. The fraction of sp³-hybridized carbons (Fsp3) is 0.370. The summed E-state index contributed by atoms with van der Waals surface area (Å²) in [7, 11) is 0. The third-order valence-corrected chi connectivity index (χ3v) is 7.09. The van der Waals surface area contributed by atoms with Gasteiger partial charge in [0.1, 0.15) is 12.4 Å². The second-order valence-corrected chi connectivity index (χ2v) is 9.44. The molecule has 7 nitrogen and oxygen atoms in total. The molecule has 2 amide bonds. The van der Waals surface area contributed by atoms with Crippen LogP contribution in [0.5, 0.6) is 5.75 Å². The normalized spacial score (nSPS) is 21.5. The van der Waals surface area contributed by atoms with Gasteiger partial charge in [0.15, 0.2) is 0 Å². The summed E-state index contributed by atoms with van der Waals surface area (Å²) < 4.78 is 6.06. The van der Waals surface area contributed by atoms with Gasteiger partial charge in [-0.25, -0.2) is 5.48 Å². The highest BCUT2D eigenvalue weighted by atomic mass is 16.5. The number of aryl methyl sites for hydroxylation is 1. The van der Waals surface area contributed by atoms with E-state index in [0.717, 1.165) is 59.4 Å². The van der Waals surface area contributed by atoms with E-state index >= 15 is 0 Å². The van der Waals surface area contributed by atoms with Crippen LogP contribution in [0, 0.1) is 18.3 Å². The van der Waals surface area contributed by atoms with Crippen molar-refractivity contribution in [2.24, 2.45) is 11.3 Å². The Bertz CT molecular complexity index is 1220. The molecule has 0 radical (unpaired) electrons. The standard InChI is InChI=1S/C27H29N3O4/c1-18-14-20(22-6-2-3-7-24(22)28-18)17-34-21-10-8-19(9-11-21)15-27(16-23(27)25(31)29-33)26(32)30-12-4-5-13-30/h2-3,6-11,14,23,33H,4-5,12-13,15-17H2,1H3,(H,29,31). The molecule has 176 valence electrons. The van der Waals surface area contributed by atoms with Crippen LogP contribution in [0.25, 0.3) is 10.9 Å². The summed E-state index contributed by atoms with van der Waals surface area (Å²) in [6.07, 6.45) is 2.92. The first-order chi connectivity index (χ1) is 16.5. The fourth-order valence-corrected chi connectivity index (χ4v) is 5.21. The largest absolute Gasteiger partial charge is 0.489 e. The van der Waals surface area contributed by atoms with E-state index in [1.165, 1.54) is 0 Å². The van der Waals surface area contributed by atoms with E-state index in [-0.39, 0.29) is 5.91 Å². The molecule has 7 heteroatoms. The lowest BCUT2D eigenvalue weighted by molar-refractivity contribution is -0.140. The summed E-state index contributed by atoms with van der Waals surface area (Å²) in [6, 6.07) is 17.8. The summed E-state index contributed by atoms with van der Waals surface area (Å²) in [5.41, 5.74) is 4.92. The van der Waals surface area contributed by atoms with Crippen molar-refractivity contribution in [2.45, 2.75) is 39.2 Å². The number of nitrogens with one attached hydrogen (secondary N) is 1. The van der Waals surface area contributed by atoms with Crippen molar-refractivity contribution in [3.05, 3.63) is 71.4 Å². The lowest BCUT2D eigenvalue weighted by Gasteiger charge is -2.24. The van der Waals surface area contributed by atoms with Crippen LogP contribution in [-0.4, -0.2) is 40.0 Å². The minimum absolute atomic E-state index is 0.0267. The molecule has 2 unspecified atom stereocenters. The molecular formula is C27H29N3O4. The number of hydrogen-bond donors (Lipinski definition) is 2. The Hall–Kier alpha value is -3.45. The summed E-state index contributed by atoms with van der Waals surface area (Å²) >= 11 is 0. The number of hydroxylamine groups is 1. The molecule has 1 aliphatic heterocycles. The highest BCUT2D eigenvalue weighted by molar-refractivity contribution is 5.96. The predicted octanol–water partition coefficient (Wildman–Crippen LogP) is 3.80. The number of likely N-dealkylation sites (tertiary alicyclic amines) is 1. The number of hydrogen-bond acceptors (Lipinski definition) is 5. The summed E-state index contributed by atoms with van der Waals surface area (Å²) in [5.74, 6) is -0.210. The number of carbonyl (C=O) groups is 2. The van der Waals surface area contributed by atoms with E-state index in [9.17, 15) is 9.59 Å². The van der Waals surface area contributed by atoms with Crippen LogP contribution in [-0.2, 0) is 22.6 Å². The molecule has 2 heterocycles. The molecular weight excluding hydrogens is 430 g/mol. The zero-order valence-corrected chi connectivity index (χ0v) is 19.3. The number of aromatic nitrogens is 1. The Balaban J connectivity index is 1.29. The average molecular weight is 460 g/mol. The van der Waals surface area contributed by atoms with Crippen LogP contribution >= 0.6 is 0 Å². The van der Waals surface area contributed by atoms with Gasteiger partial charge >= 0.3 is 0 Å². The second-order valence-electron chi connectivity index (χ2n) is 9.44. The third-order valence-electron chi connectivity index (χ3n) is 7.09. The molecule has 2 N–H and O–H groups in total. The van der Waals surface area contributed by atoms with Gasteiger partial charge in [0.2, 0.25) is 11.8 Å². The van der Waals surface area contributed by atoms with E-state index < -0.39 is 17.2 Å². The third kappa shape index (κ3) is 4.23. The van der Waals surface area contributed by atoms with E-state index in [0.29, 0.717) is 19.4 Å². The van der Waals surface area contributed by atoms with Crippen LogP contribution in [0.2, 0.25) is 0 Å². The minimum atomic E-state index is -0.771. The zero-order valence-electron chi connectivity index (χ0n) is 19.3. The minimum Gasteiger partial charge on any atom is -0.489 e. The maximum atomic E-state index is 13.3. The SMILES string of the molecule is Cc1cc(COc2ccc(CC3(C(=O)N4CCCC4)CC3C(=O)NO)cc2)c2ccccc2n1. The molecule has 5 rings (SSSR count). The molecule has 3 aromatic rings. The Labute approximate surface area is 198 Å². The number of ether oxygens (including phenoxy) is 1. The van der Waals surface area contributed by atoms with Crippen LogP contribution in [0.3, 0.4) is 0 Å². The van der Waals surface area contributed by atoms with Crippen molar-refractivity contribution in [1.82, 2.24) is 15.4 Å². The zero-order chi connectivity index (χ0) is 23.7. The number of carbonyl (C=O) groups excluding carboxylic acids is 2. The van der Waals surface area contributed by atoms with Gasteiger partial charge in [0.05, 0.1) is 16.8 Å². The van der Waals surface area contributed by atoms with Gasteiger partial charge in [-0.05, 0) is 62.4 Å².